The number of hydrogen-bond donors (Lipinski definition) is 3. The summed E-state index contributed by atoms with van der Waals surface area (Å²) in [6.45, 7) is 3.45. The van der Waals surface area contributed by atoms with Crippen molar-refractivity contribution in [3.8, 4) is 0 Å². The number of amides is 3. The van der Waals surface area contributed by atoms with Crippen LogP contribution in [-0.4, -0.2) is 42.5 Å². The van der Waals surface area contributed by atoms with Crippen LogP contribution in [0.4, 0.5) is 10.5 Å². The zero-order valence-corrected chi connectivity index (χ0v) is 12.9. The van der Waals surface area contributed by atoms with Crippen LogP contribution < -0.4 is 16.4 Å². The van der Waals surface area contributed by atoms with Gasteiger partial charge in [0.25, 0.3) is 0 Å². The number of nitrogens with zero attached hydrogens (tertiary/aromatic N) is 1. The number of benzene rings is 1. The predicted molar refractivity (Wildman–Crippen MR) is 86.4 cm³/mol. The first-order valence-corrected chi connectivity index (χ1v) is 7.71. The second-order valence-electron chi connectivity index (χ2n) is 5.70. The number of piperidine rings is 1. The van der Waals surface area contributed by atoms with Gasteiger partial charge in [-0.2, -0.15) is 0 Å². The smallest absolute Gasteiger partial charge is 0.321 e. The van der Waals surface area contributed by atoms with Gasteiger partial charge in [0.15, 0.2) is 0 Å². The Morgan fingerprint density at radius 1 is 1.27 bits per heavy atom. The molecular weight excluding hydrogens is 280 g/mol. The molecule has 3 amide bonds. The number of anilines is 1. The van der Waals surface area contributed by atoms with Crippen LogP contribution in [0.5, 0.6) is 0 Å². The second kappa shape index (κ2) is 7.79. The van der Waals surface area contributed by atoms with Crippen LogP contribution in [0.3, 0.4) is 0 Å². The van der Waals surface area contributed by atoms with Crippen LogP contribution in [0.25, 0.3) is 0 Å². The highest BCUT2D eigenvalue weighted by Gasteiger charge is 2.24. The number of carbonyl (C=O) groups is 2. The van der Waals surface area contributed by atoms with Crippen molar-refractivity contribution in [2.24, 2.45) is 11.7 Å². The third kappa shape index (κ3) is 4.46. The fourth-order valence-corrected chi connectivity index (χ4v) is 2.40. The van der Waals surface area contributed by atoms with Gasteiger partial charge < -0.3 is 21.3 Å². The van der Waals surface area contributed by atoms with Gasteiger partial charge in [0.2, 0.25) is 5.91 Å². The highest BCUT2D eigenvalue weighted by Crippen LogP contribution is 2.13. The summed E-state index contributed by atoms with van der Waals surface area (Å²) in [5.41, 5.74) is 6.28. The zero-order valence-electron chi connectivity index (χ0n) is 12.9. The van der Waals surface area contributed by atoms with Gasteiger partial charge in [-0.15, -0.1) is 0 Å². The van der Waals surface area contributed by atoms with Crippen LogP contribution in [0, 0.1) is 5.92 Å². The maximum atomic E-state index is 12.2. The largest absolute Gasteiger partial charge is 0.353 e. The number of hydrogen-bond acceptors (Lipinski definition) is 3. The third-order valence-electron chi connectivity index (χ3n) is 3.95. The maximum absolute atomic E-state index is 12.2. The molecule has 1 saturated heterocycles. The lowest BCUT2D eigenvalue weighted by Crippen LogP contribution is -2.49. The summed E-state index contributed by atoms with van der Waals surface area (Å²) in [7, 11) is 0. The molecule has 0 radical (unpaired) electrons. The second-order valence-corrected chi connectivity index (χ2v) is 5.70. The molecule has 1 fully saturated rings. The molecule has 1 aliphatic heterocycles. The summed E-state index contributed by atoms with van der Waals surface area (Å²) in [6.07, 6.45) is 1.54. The molecule has 1 heterocycles. The summed E-state index contributed by atoms with van der Waals surface area (Å²) in [4.78, 5) is 25.8. The van der Waals surface area contributed by atoms with E-state index in [0.717, 1.165) is 18.5 Å². The van der Waals surface area contributed by atoms with E-state index in [9.17, 15) is 9.59 Å². The lowest BCUT2D eigenvalue weighted by Gasteiger charge is -2.32. The monoisotopic (exact) mass is 304 g/mol. The molecule has 120 valence electrons. The van der Waals surface area contributed by atoms with Gasteiger partial charge in [0.05, 0.1) is 0 Å². The van der Waals surface area contributed by atoms with Crippen LogP contribution in [-0.2, 0) is 4.79 Å². The van der Waals surface area contributed by atoms with Crippen molar-refractivity contribution in [1.82, 2.24) is 10.2 Å². The maximum Gasteiger partial charge on any atom is 0.321 e. The molecule has 1 aliphatic rings. The highest BCUT2D eigenvalue weighted by atomic mass is 16.2. The number of para-hydroxylation sites is 1. The minimum atomic E-state index is -0.167. The van der Waals surface area contributed by atoms with E-state index in [0.29, 0.717) is 19.6 Å². The average Bonchev–Trinajstić information content (AvgIpc) is 2.55. The van der Waals surface area contributed by atoms with E-state index in [2.05, 4.69) is 10.6 Å². The van der Waals surface area contributed by atoms with E-state index >= 15 is 0 Å². The molecule has 0 spiro atoms. The fraction of sp³-hybridized carbons (Fsp3) is 0.500. The van der Waals surface area contributed by atoms with Gasteiger partial charge in [-0.1, -0.05) is 25.1 Å². The van der Waals surface area contributed by atoms with Crippen molar-refractivity contribution in [3.63, 3.8) is 0 Å². The van der Waals surface area contributed by atoms with E-state index in [4.69, 9.17) is 5.73 Å². The van der Waals surface area contributed by atoms with Gasteiger partial charge >= 0.3 is 6.03 Å². The molecule has 6 heteroatoms. The topological polar surface area (TPSA) is 87.5 Å². The standard InChI is InChI=1S/C16H24N4O2/c1-12(11-17)15(21)18-14-7-9-20(10-8-14)16(22)19-13-5-3-2-4-6-13/h2-6,12,14H,7-11,17H2,1H3,(H,18,21)(H,19,22). The van der Waals surface area contributed by atoms with Gasteiger partial charge in [-0.05, 0) is 25.0 Å². The van der Waals surface area contributed by atoms with E-state index in [1.807, 2.05) is 37.3 Å². The fourth-order valence-electron chi connectivity index (χ4n) is 2.40. The molecule has 1 aromatic rings. The summed E-state index contributed by atoms with van der Waals surface area (Å²) in [6, 6.07) is 9.43. The minimum absolute atomic E-state index is 0.00492. The average molecular weight is 304 g/mol. The highest BCUT2D eigenvalue weighted by molar-refractivity contribution is 5.89. The third-order valence-corrected chi connectivity index (χ3v) is 3.95. The Bertz CT molecular complexity index is 498. The molecule has 0 aromatic heterocycles. The molecule has 1 aromatic carbocycles. The van der Waals surface area contributed by atoms with Crippen LogP contribution in [0.2, 0.25) is 0 Å². The van der Waals surface area contributed by atoms with E-state index in [1.165, 1.54) is 0 Å². The lowest BCUT2D eigenvalue weighted by atomic mass is 10.0. The van der Waals surface area contributed by atoms with Gasteiger partial charge in [0.1, 0.15) is 0 Å². The first-order valence-electron chi connectivity index (χ1n) is 7.71. The molecule has 4 N–H and O–H groups in total. The first kappa shape index (κ1) is 16.3. The first-order chi connectivity index (χ1) is 10.6. The Labute approximate surface area is 131 Å². The van der Waals surface area contributed by atoms with E-state index < -0.39 is 0 Å². The molecule has 1 atom stereocenters. The molecule has 0 saturated carbocycles. The lowest BCUT2D eigenvalue weighted by molar-refractivity contribution is -0.125. The molecule has 6 nitrogen and oxygen atoms in total. The summed E-state index contributed by atoms with van der Waals surface area (Å²) < 4.78 is 0. The molecule has 0 bridgehead atoms. The van der Waals surface area contributed by atoms with Crippen LogP contribution in [0.1, 0.15) is 19.8 Å². The molecule has 22 heavy (non-hydrogen) atoms. The number of nitrogens with two attached hydrogens (primary N) is 1. The quantitative estimate of drug-likeness (QED) is 0.785. The number of urea groups is 1. The number of nitrogens with one attached hydrogen (secondary N) is 2. The zero-order chi connectivity index (χ0) is 15.9. The van der Waals surface area contributed by atoms with Crippen molar-refractivity contribution in [1.29, 1.82) is 0 Å². The van der Waals surface area contributed by atoms with Gasteiger partial charge in [0, 0.05) is 37.3 Å². The van der Waals surface area contributed by atoms with E-state index in [1.54, 1.807) is 4.90 Å². The Morgan fingerprint density at radius 2 is 1.91 bits per heavy atom. The van der Waals surface area contributed by atoms with Crippen molar-refractivity contribution in [2.45, 2.75) is 25.8 Å². The van der Waals surface area contributed by atoms with Crippen LogP contribution in [0.15, 0.2) is 30.3 Å². The summed E-state index contributed by atoms with van der Waals surface area (Å²) in [5, 5.41) is 5.88. The molecule has 0 aliphatic carbocycles. The Kier molecular flexibility index (Phi) is 5.77. The van der Waals surface area contributed by atoms with Crippen molar-refractivity contribution < 1.29 is 9.59 Å². The SMILES string of the molecule is CC(CN)C(=O)NC1CCN(C(=O)Nc2ccccc2)CC1. The molecule has 1 unspecified atom stereocenters. The van der Waals surface area contributed by atoms with Gasteiger partial charge in [-0.3, -0.25) is 4.79 Å². The number of carbonyl (C=O) groups excluding carboxylic acids is 2. The Morgan fingerprint density at radius 3 is 2.50 bits per heavy atom. The summed E-state index contributed by atoms with van der Waals surface area (Å²) >= 11 is 0. The number of rotatable bonds is 4. The predicted octanol–water partition coefficient (Wildman–Crippen LogP) is 1.39. The van der Waals surface area contributed by atoms with Crippen LogP contribution >= 0.6 is 0 Å². The van der Waals surface area contributed by atoms with E-state index in [-0.39, 0.29) is 23.9 Å². The molecule has 2 rings (SSSR count). The minimum Gasteiger partial charge on any atom is -0.353 e. The molecular formula is C16H24N4O2. The Hall–Kier alpha value is -2.08. The van der Waals surface area contributed by atoms with Crippen molar-refractivity contribution in [3.05, 3.63) is 30.3 Å². The normalized spacial score (nSPS) is 16.9. The van der Waals surface area contributed by atoms with Crippen molar-refractivity contribution in [2.75, 3.05) is 25.0 Å². The summed E-state index contributed by atoms with van der Waals surface area (Å²) in [5.74, 6) is -0.172. The number of likely N-dealkylation sites (tertiary alicyclic amines) is 1. The van der Waals surface area contributed by atoms with Crippen molar-refractivity contribution >= 4 is 17.6 Å². The van der Waals surface area contributed by atoms with Gasteiger partial charge in [-0.25, -0.2) is 4.79 Å². The Balaban J connectivity index is 1.77.